The molecule has 1 heterocycles. The molecule has 2 amide bonds. The first kappa shape index (κ1) is 20.1. The maximum atomic E-state index is 12.8. The maximum absolute atomic E-state index is 12.8. The minimum atomic E-state index is -0.114. The van der Waals surface area contributed by atoms with Crippen molar-refractivity contribution in [1.82, 2.24) is 10.2 Å². The van der Waals surface area contributed by atoms with Gasteiger partial charge in [0, 0.05) is 26.4 Å². The van der Waals surface area contributed by atoms with Gasteiger partial charge in [-0.3, -0.25) is 9.59 Å². The van der Waals surface area contributed by atoms with Crippen LogP contribution >= 0.6 is 0 Å². The van der Waals surface area contributed by atoms with Gasteiger partial charge in [-0.2, -0.15) is 0 Å². The fourth-order valence-corrected chi connectivity index (χ4v) is 3.52. The lowest BCUT2D eigenvalue weighted by atomic mass is 9.87. The predicted octanol–water partition coefficient (Wildman–Crippen LogP) is 2.70. The van der Waals surface area contributed by atoms with E-state index in [1.54, 1.807) is 14.2 Å². The van der Waals surface area contributed by atoms with Crippen LogP contribution in [0.3, 0.4) is 0 Å². The van der Waals surface area contributed by atoms with Crippen LogP contribution in [0.4, 0.5) is 0 Å². The van der Waals surface area contributed by atoms with Crippen molar-refractivity contribution in [3.63, 3.8) is 0 Å². The second kappa shape index (κ2) is 8.92. The zero-order valence-corrected chi connectivity index (χ0v) is 16.4. The number of methoxy groups -OCH3 is 2. The molecule has 0 fully saturated rings. The van der Waals surface area contributed by atoms with Crippen LogP contribution in [0.15, 0.2) is 12.1 Å². The third-order valence-corrected chi connectivity index (χ3v) is 4.73. The van der Waals surface area contributed by atoms with Crippen molar-refractivity contribution in [2.75, 3.05) is 27.3 Å². The van der Waals surface area contributed by atoms with Crippen molar-refractivity contribution in [3.8, 4) is 11.5 Å². The normalized spacial score (nSPS) is 16.2. The van der Waals surface area contributed by atoms with Gasteiger partial charge >= 0.3 is 0 Å². The average molecular weight is 362 g/mol. The quantitative estimate of drug-likeness (QED) is 0.810. The number of nitrogens with zero attached hydrogens (tertiary/aromatic N) is 1. The molecule has 1 aliphatic heterocycles. The SMILES string of the molecule is COc1cc2c(cc1OC)C(CC(C)C)N(C(=O)CCNC(C)=O)CC2. The van der Waals surface area contributed by atoms with Gasteiger partial charge in [0.2, 0.25) is 11.8 Å². The van der Waals surface area contributed by atoms with Crippen molar-refractivity contribution < 1.29 is 19.1 Å². The van der Waals surface area contributed by atoms with E-state index in [0.717, 1.165) is 24.2 Å². The van der Waals surface area contributed by atoms with Crippen molar-refractivity contribution in [1.29, 1.82) is 0 Å². The second-order valence-corrected chi connectivity index (χ2v) is 7.12. The van der Waals surface area contributed by atoms with Crippen LogP contribution in [0, 0.1) is 5.92 Å². The van der Waals surface area contributed by atoms with E-state index in [1.807, 2.05) is 17.0 Å². The van der Waals surface area contributed by atoms with E-state index >= 15 is 0 Å². The molecule has 0 aliphatic carbocycles. The van der Waals surface area contributed by atoms with Gasteiger partial charge < -0.3 is 19.7 Å². The van der Waals surface area contributed by atoms with Gasteiger partial charge in [0.1, 0.15) is 0 Å². The number of carbonyl (C=O) groups is 2. The van der Waals surface area contributed by atoms with Gasteiger partial charge in [0.25, 0.3) is 0 Å². The summed E-state index contributed by atoms with van der Waals surface area (Å²) in [6.07, 6.45) is 1.99. The Morgan fingerprint density at radius 1 is 1.23 bits per heavy atom. The minimum absolute atomic E-state index is 0.0170. The molecule has 1 aromatic rings. The molecule has 1 atom stereocenters. The molecule has 0 saturated heterocycles. The first-order valence-corrected chi connectivity index (χ1v) is 9.16. The number of fused-ring (bicyclic) bond motifs is 1. The lowest BCUT2D eigenvalue weighted by Crippen LogP contribution is -2.41. The molecule has 0 bridgehead atoms. The van der Waals surface area contributed by atoms with E-state index in [-0.39, 0.29) is 17.9 Å². The van der Waals surface area contributed by atoms with Gasteiger partial charge in [0.05, 0.1) is 20.3 Å². The molecule has 6 nitrogen and oxygen atoms in total. The third kappa shape index (κ3) is 4.68. The average Bonchev–Trinajstić information content (AvgIpc) is 2.59. The Morgan fingerprint density at radius 2 is 1.88 bits per heavy atom. The minimum Gasteiger partial charge on any atom is -0.493 e. The summed E-state index contributed by atoms with van der Waals surface area (Å²) in [6, 6.07) is 4.05. The fraction of sp³-hybridized carbons (Fsp3) is 0.600. The molecule has 0 aromatic heterocycles. The standard InChI is InChI=1S/C20H30N2O4/c1-13(2)10-17-16-12-19(26-5)18(25-4)11-15(16)7-9-22(17)20(24)6-8-21-14(3)23/h11-13,17H,6-10H2,1-5H3,(H,21,23). The molecule has 0 spiro atoms. The zero-order chi connectivity index (χ0) is 19.3. The van der Waals surface area contributed by atoms with Gasteiger partial charge in [-0.1, -0.05) is 13.8 Å². The Labute approximate surface area is 155 Å². The van der Waals surface area contributed by atoms with E-state index < -0.39 is 0 Å². The van der Waals surface area contributed by atoms with Gasteiger partial charge in [-0.25, -0.2) is 0 Å². The van der Waals surface area contributed by atoms with Gasteiger partial charge in [0.15, 0.2) is 11.5 Å². The summed E-state index contributed by atoms with van der Waals surface area (Å²) in [7, 11) is 3.26. The number of hydrogen-bond donors (Lipinski definition) is 1. The van der Waals surface area contributed by atoms with Crippen molar-refractivity contribution >= 4 is 11.8 Å². The van der Waals surface area contributed by atoms with E-state index in [2.05, 4.69) is 19.2 Å². The lowest BCUT2D eigenvalue weighted by Gasteiger charge is -2.39. The zero-order valence-electron chi connectivity index (χ0n) is 16.4. The number of nitrogens with one attached hydrogen (secondary N) is 1. The topological polar surface area (TPSA) is 67.9 Å². The van der Waals surface area contributed by atoms with E-state index in [1.165, 1.54) is 12.5 Å². The molecule has 0 radical (unpaired) electrons. The highest BCUT2D eigenvalue weighted by Gasteiger charge is 2.32. The smallest absolute Gasteiger partial charge is 0.224 e. The van der Waals surface area contributed by atoms with Gasteiger partial charge in [-0.15, -0.1) is 0 Å². The third-order valence-electron chi connectivity index (χ3n) is 4.73. The molecule has 6 heteroatoms. The molecule has 1 N–H and O–H groups in total. The van der Waals surface area contributed by atoms with E-state index in [4.69, 9.17) is 9.47 Å². The summed E-state index contributed by atoms with van der Waals surface area (Å²) in [5.41, 5.74) is 2.34. The van der Waals surface area contributed by atoms with Crippen LogP contribution in [0.1, 0.15) is 50.8 Å². The highest BCUT2D eigenvalue weighted by molar-refractivity contribution is 5.79. The first-order chi connectivity index (χ1) is 12.4. The van der Waals surface area contributed by atoms with Crippen LogP contribution in [-0.2, 0) is 16.0 Å². The molecule has 26 heavy (non-hydrogen) atoms. The van der Waals surface area contributed by atoms with Crippen LogP contribution in [0.2, 0.25) is 0 Å². The Balaban J connectivity index is 2.29. The lowest BCUT2D eigenvalue weighted by molar-refractivity contribution is -0.134. The molecular formula is C20H30N2O4. The summed E-state index contributed by atoms with van der Waals surface area (Å²) in [5, 5.41) is 2.70. The molecule has 0 saturated carbocycles. The molecule has 1 aromatic carbocycles. The highest BCUT2D eigenvalue weighted by Crippen LogP contribution is 2.40. The summed E-state index contributed by atoms with van der Waals surface area (Å²) in [4.78, 5) is 25.8. The van der Waals surface area contributed by atoms with Crippen molar-refractivity contribution in [2.45, 2.75) is 46.1 Å². The van der Waals surface area contributed by atoms with E-state index in [0.29, 0.717) is 31.2 Å². The number of amides is 2. The first-order valence-electron chi connectivity index (χ1n) is 9.16. The Hall–Kier alpha value is -2.24. The molecule has 1 unspecified atom stereocenters. The summed E-state index contributed by atoms with van der Waals surface area (Å²) in [5.74, 6) is 1.82. The molecule has 144 valence electrons. The van der Waals surface area contributed by atoms with Crippen LogP contribution in [-0.4, -0.2) is 44.0 Å². The summed E-state index contributed by atoms with van der Waals surface area (Å²) < 4.78 is 10.9. The second-order valence-electron chi connectivity index (χ2n) is 7.12. The molecule has 2 rings (SSSR count). The predicted molar refractivity (Wildman–Crippen MR) is 100 cm³/mol. The van der Waals surface area contributed by atoms with Crippen LogP contribution < -0.4 is 14.8 Å². The number of benzene rings is 1. The Kier molecular flexibility index (Phi) is 6.89. The van der Waals surface area contributed by atoms with Crippen LogP contribution in [0.25, 0.3) is 0 Å². The Morgan fingerprint density at radius 3 is 2.46 bits per heavy atom. The number of ether oxygens (including phenoxy) is 2. The highest BCUT2D eigenvalue weighted by atomic mass is 16.5. The maximum Gasteiger partial charge on any atom is 0.224 e. The van der Waals surface area contributed by atoms with Crippen LogP contribution in [0.5, 0.6) is 11.5 Å². The fourth-order valence-electron chi connectivity index (χ4n) is 3.52. The molecule has 1 aliphatic rings. The summed E-state index contributed by atoms with van der Waals surface area (Å²) in [6.45, 7) is 6.84. The van der Waals surface area contributed by atoms with Crippen molar-refractivity contribution in [2.24, 2.45) is 5.92 Å². The largest absolute Gasteiger partial charge is 0.493 e. The Bertz CT molecular complexity index is 657. The van der Waals surface area contributed by atoms with E-state index in [9.17, 15) is 9.59 Å². The molecular weight excluding hydrogens is 332 g/mol. The number of hydrogen-bond acceptors (Lipinski definition) is 4. The number of carbonyl (C=O) groups excluding carboxylic acids is 2. The number of rotatable bonds is 7. The van der Waals surface area contributed by atoms with Crippen molar-refractivity contribution in [3.05, 3.63) is 23.3 Å². The monoisotopic (exact) mass is 362 g/mol. The summed E-state index contributed by atoms with van der Waals surface area (Å²) >= 11 is 0. The van der Waals surface area contributed by atoms with Gasteiger partial charge in [-0.05, 0) is 42.0 Å².